The molecule has 0 aromatic heterocycles. The lowest BCUT2D eigenvalue weighted by Crippen LogP contribution is -2.29. The SMILES string of the molecule is O=C(NO)c1ccc2c(c1)CCN2C(=O)/C(=C/c1ccc(F)cc1)c1ccccc1. The van der Waals surface area contributed by atoms with Crippen LogP contribution in [-0.4, -0.2) is 23.6 Å². The molecule has 0 fully saturated rings. The monoisotopic (exact) mass is 402 g/mol. The molecule has 0 radical (unpaired) electrons. The summed E-state index contributed by atoms with van der Waals surface area (Å²) in [4.78, 5) is 26.9. The average Bonchev–Trinajstić information content (AvgIpc) is 3.21. The molecule has 3 aromatic carbocycles. The van der Waals surface area contributed by atoms with Gasteiger partial charge in [-0.25, -0.2) is 9.87 Å². The fourth-order valence-electron chi connectivity index (χ4n) is 3.58. The van der Waals surface area contributed by atoms with E-state index >= 15 is 0 Å². The number of nitrogens with zero attached hydrogens (tertiary/aromatic N) is 1. The van der Waals surface area contributed by atoms with E-state index in [0.29, 0.717) is 24.1 Å². The van der Waals surface area contributed by atoms with Crippen molar-refractivity contribution in [3.05, 3.63) is 101 Å². The van der Waals surface area contributed by atoms with Gasteiger partial charge in [0.15, 0.2) is 0 Å². The Balaban J connectivity index is 1.72. The maximum atomic E-state index is 13.5. The van der Waals surface area contributed by atoms with Crippen molar-refractivity contribution in [2.75, 3.05) is 11.4 Å². The number of rotatable bonds is 4. The van der Waals surface area contributed by atoms with Gasteiger partial charge in [0, 0.05) is 23.4 Å². The molecule has 150 valence electrons. The highest BCUT2D eigenvalue weighted by molar-refractivity contribution is 6.30. The van der Waals surface area contributed by atoms with Crippen molar-refractivity contribution >= 4 is 29.2 Å². The predicted molar refractivity (Wildman–Crippen MR) is 112 cm³/mol. The van der Waals surface area contributed by atoms with Crippen LogP contribution >= 0.6 is 0 Å². The van der Waals surface area contributed by atoms with E-state index in [2.05, 4.69) is 0 Å². The fraction of sp³-hybridized carbons (Fsp3) is 0.0833. The van der Waals surface area contributed by atoms with Crippen LogP contribution in [0.2, 0.25) is 0 Å². The summed E-state index contributed by atoms with van der Waals surface area (Å²) in [5, 5.41) is 8.84. The molecule has 0 saturated carbocycles. The molecule has 1 heterocycles. The van der Waals surface area contributed by atoms with Crippen molar-refractivity contribution in [3.63, 3.8) is 0 Å². The van der Waals surface area contributed by atoms with Crippen LogP contribution < -0.4 is 10.4 Å². The number of carbonyl (C=O) groups excluding carboxylic acids is 2. The van der Waals surface area contributed by atoms with Gasteiger partial charge in [-0.3, -0.25) is 14.8 Å². The molecule has 0 spiro atoms. The molecule has 6 heteroatoms. The number of hydroxylamine groups is 1. The zero-order valence-electron chi connectivity index (χ0n) is 16.0. The minimum atomic E-state index is -0.594. The molecule has 1 aliphatic rings. The summed E-state index contributed by atoms with van der Waals surface area (Å²) in [6.45, 7) is 0.478. The van der Waals surface area contributed by atoms with Gasteiger partial charge in [-0.2, -0.15) is 0 Å². The number of amides is 2. The first-order chi connectivity index (χ1) is 14.6. The van der Waals surface area contributed by atoms with Crippen molar-refractivity contribution in [1.29, 1.82) is 0 Å². The molecule has 2 amide bonds. The van der Waals surface area contributed by atoms with Gasteiger partial charge in [-0.1, -0.05) is 42.5 Å². The third-order valence-corrected chi connectivity index (χ3v) is 5.08. The second kappa shape index (κ2) is 8.31. The van der Waals surface area contributed by atoms with E-state index in [-0.39, 0.29) is 11.7 Å². The van der Waals surface area contributed by atoms with E-state index in [4.69, 9.17) is 5.21 Å². The summed E-state index contributed by atoms with van der Waals surface area (Å²) in [6, 6.07) is 20.3. The fourth-order valence-corrected chi connectivity index (χ4v) is 3.58. The second-order valence-corrected chi connectivity index (χ2v) is 6.97. The van der Waals surface area contributed by atoms with Crippen molar-refractivity contribution in [2.24, 2.45) is 0 Å². The van der Waals surface area contributed by atoms with Gasteiger partial charge in [-0.15, -0.1) is 0 Å². The third kappa shape index (κ3) is 3.86. The van der Waals surface area contributed by atoms with Crippen LogP contribution in [-0.2, 0) is 11.2 Å². The maximum absolute atomic E-state index is 13.5. The Morgan fingerprint density at radius 1 is 0.967 bits per heavy atom. The summed E-state index contributed by atoms with van der Waals surface area (Å²) in [7, 11) is 0. The van der Waals surface area contributed by atoms with Crippen molar-refractivity contribution in [1.82, 2.24) is 5.48 Å². The Kier molecular flexibility index (Phi) is 5.41. The molecular weight excluding hydrogens is 383 g/mol. The number of benzene rings is 3. The van der Waals surface area contributed by atoms with Crippen molar-refractivity contribution in [3.8, 4) is 0 Å². The molecule has 0 atom stereocenters. The van der Waals surface area contributed by atoms with Gasteiger partial charge in [0.1, 0.15) is 5.82 Å². The van der Waals surface area contributed by atoms with Crippen LogP contribution in [0.5, 0.6) is 0 Å². The molecule has 3 aromatic rings. The predicted octanol–water partition coefficient (Wildman–Crippen LogP) is 4.07. The first-order valence-corrected chi connectivity index (χ1v) is 9.49. The summed E-state index contributed by atoms with van der Waals surface area (Å²) in [6.07, 6.45) is 2.36. The van der Waals surface area contributed by atoms with Gasteiger partial charge in [0.05, 0.1) is 0 Å². The number of fused-ring (bicyclic) bond motifs is 1. The van der Waals surface area contributed by atoms with Crippen LogP contribution in [0.15, 0.2) is 72.8 Å². The molecule has 30 heavy (non-hydrogen) atoms. The summed E-state index contributed by atoms with van der Waals surface area (Å²) < 4.78 is 13.3. The van der Waals surface area contributed by atoms with Gasteiger partial charge in [-0.05, 0) is 59.5 Å². The highest BCUT2D eigenvalue weighted by Gasteiger charge is 2.28. The van der Waals surface area contributed by atoms with E-state index in [9.17, 15) is 14.0 Å². The van der Waals surface area contributed by atoms with Crippen LogP contribution in [0.1, 0.15) is 27.0 Å². The van der Waals surface area contributed by atoms with Crippen molar-refractivity contribution < 1.29 is 19.2 Å². The minimum Gasteiger partial charge on any atom is -0.308 e. The summed E-state index contributed by atoms with van der Waals surface area (Å²) in [5.74, 6) is -1.11. The zero-order valence-corrected chi connectivity index (χ0v) is 16.0. The van der Waals surface area contributed by atoms with Crippen LogP contribution in [0.4, 0.5) is 10.1 Å². The second-order valence-electron chi connectivity index (χ2n) is 6.97. The standard InChI is InChI=1S/C24H19FN2O3/c25-20-9-6-16(7-10-20)14-21(17-4-2-1-3-5-17)24(29)27-13-12-18-15-19(23(28)26-30)8-11-22(18)27/h1-11,14-15,30H,12-13H2,(H,26,28)/b21-14+. The lowest BCUT2D eigenvalue weighted by molar-refractivity contribution is -0.113. The van der Waals surface area contributed by atoms with E-state index in [0.717, 1.165) is 22.4 Å². The number of carbonyl (C=O) groups is 2. The van der Waals surface area contributed by atoms with Crippen LogP contribution in [0.3, 0.4) is 0 Å². The number of hydrogen-bond acceptors (Lipinski definition) is 3. The number of anilines is 1. The molecule has 0 saturated heterocycles. The Bertz CT molecular complexity index is 1120. The third-order valence-electron chi connectivity index (χ3n) is 5.08. The quantitative estimate of drug-likeness (QED) is 0.299. The molecule has 0 bridgehead atoms. The number of halogens is 1. The zero-order chi connectivity index (χ0) is 21.1. The first kappa shape index (κ1) is 19.5. The molecule has 0 unspecified atom stereocenters. The van der Waals surface area contributed by atoms with Gasteiger partial charge in [0.25, 0.3) is 11.8 Å². The smallest absolute Gasteiger partial charge is 0.274 e. The maximum Gasteiger partial charge on any atom is 0.274 e. The lowest BCUT2D eigenvalue weighted by atomic mass is 10.0. The largest absolute Gasteiger partial charge is 0.308 e. The lowest BCUT2D eigenvalue weighted by Gasteiger charge is -2.20. The van der Waals surface area contributed by atoms with E-state index in [1.165, 1.54) is 12.1 Å². The number of hydrogen-bond donors (Lipinski definition) is 2. The van der Waals surface area contributed by atoms with E-state index in [1.807, 2.05) is 30.3 Å². The van der Waals surface area contributed by atoms with Crippen LogP contribution in [0.25, 0.3) is 11.6 Å². The Labute approximate surface area is 173 Å². The van der Waals surface area contributed by atoms with Crippen LogP contribution in [0, 0.1) is 5.82 Å². The molecular formula is C24H19FN2O3. The highest BCUT2D eigenvalue weighted by Crippen LogP contribution is 2.32. The normalized spacial score (nSPS) is 13.1. The topological polar surface area (TPSA) is 69.6 Å². The average molecular weight is 402 g/mol. The number of nitrogens with one attached hydrogen (secondary N) is 1. The molecule has 0 aliphatic carbocycles. The van der Waals surface area contributed by atoms with Crippen molar-refractivity contribution in [2.45, 2.75) is 6.42 Å². The van der Waals surface area contributed by atoms with Gasteiger partial charge in [0.2, 0.25) is 0 Å². The van der Waals surface area contributed by atoms with E-state index in [1.54, 1.807) is 46.8 Å². The Morgan fingerprint density at radius 2 is 1.70 bits per heavy atom. The first-order valence-electron chi connectivity index (χ1n) is 9.49. The van der Waals surface area contributed by atoms with Gasteiger partial charge < -0.3 is 4.90 Å². The van der Waals surface area contributed by atoms with E-state index < -0.39 is 5.91 Å². The minimum absolute atomic E-state index is 0.177. The highest BCUT2D eigenvalue weighted by atomic mass is 19.1. The van der Waals surface area contributed by atoms with Gasteiger partial charge >= 0.3 is 0 Å². The molecule has 4 rings (SSSR count). The Morgan fingerprint density at radius 3 is 2.40 bits per heavy atom. The molecule has 5 nitrogen and oxygen atoms in total. The summed E-state index contributed by atoms with van der Waals surface area (Å²) >= 11 is 0. The Hall–Kier alpha value is -3.77. The molecule has 2 N–H and O–H groups in total. The summed E-state index contributed by atoms with van der Waals surface area (Å²) in [5.41, 5.74) is 5.52. The molecule has 1 aliphatic heterocycles.